The van der Waals surface area contributed by atoms with Crippen LogP contribution in [0.3, 0.4) is 0 Å². The van der Waals surface area contributed by atoms with Gasteiger partial charge in [0.15, 0.2) is 0 Å². The van der Waals surface area contributed by atoms with Crippen LogP contribution in [0.2, 0.25) is 0 Å². The molecule has 37 heavy (non-hydrogen) atoms. The van der Waals surface area contributed by atoms with Gasteiger partial charge < -0.3 is 4.84 Å². The molecule has 184 valence electrons. The Labute approximate surface area is 214 Å². The number of benzene rings is 3. The number of nitrogens with one attached hydrogen (secondary N) is 1. The molecule has 0 saturated heterocycles. The van der Waals surface area contributed by atoms with Crippen LogP contribution in [-0.4, -0.2) is 20.8 Å². The molecule has 1 aromatic heterocycles. The third kappa shape index (κ3) is 4.44. The zero-order chi connectivity index (χ0) is 25.2. The molecule has 7 nitrogen and oxygen atoms in total. The van der Waals surface area contributed by atoms with Crippen molar-refractivity contribution < 1.29 is 9.76 Å². The minimum absolute atomic E-state index is 0.0583. The lowest BCUT2D eigenvalue weighted by Crippen LogP contribution is -2.30. The van der Waals surface area contributed by atoms with Crippen molar-refractivity contribution in [2.75, 3.05) is 0 Å². The van der Waals surface area contributed by atoms with Crippen LogP contribution in [-0.2, 0) is 23.3 Å². The van der Waals surface area contributed by atoms with E-state index in [-0.39, 0.29) is 17.7 Å². The number of hydrogen-bond acceptors (Lipinski definition) is 5. The fourth-order valence-corrected chi connectivity index (χ4v) is 5.05. The molecule has 0 radical (unpaired) electrons. The van der Waals surface area contributed by atoms with E-state index >= 15 is 0 Å². The highest BCUT2D eigenvalue weighted by Gasteiger charge is 2.39. The first-order chi connectivity index (χ1) is 18.1. The van der Waals surface area contributed by atoms with E-state index in [2.05, 4.69) is 70.9 Å². The lowest BCUT2D eigenvalue weighted by molar-refractivity contribution is -0.384. The van der Waals surface area contributed by atoms with Crippen molar-refractivity contribution in [2.45, 2.75) is 31.3 Å². The lowest BCUT2D eigenvalue weighted by atomic mass is 9.68. The maximum atomic E-state index is 10.9. The Morgan fingerprint density at radius 3 is 2.24 bits per heavy atom. The van der Waals surface area contributed by atoms with E-state index < -0.39 is 4.92 Å². The average molecular weight is 491 g/mol. The zero-order valence-corrected chi connectivity index (χ0v) is 20.2. The van der Waals surface area contributed by atoms with E-state index in [0.717, 1.165) is 47.5 Å². The Morgan fingerprint density at radius 2 is 1.65 bits per heavy atom. The minimum atomic E-state index is -0.410. The highest BCUT2D eigenvalue weighted by atomic mass is 16.6. The molecule has 1 N–H and O–H groups in total. The molecule has 2 aliphatic carbocycles. The maximum Gasteiger partial charge on any atom is 0.269 e. The number of oxime groups is 1. The van der Waals surface area contributed by atoms with Crippen LogP contribution < -0.4 is 0 Å². The van der Waals surface area contributed by atoms with Gasteiger partial charge in [0.05, 0.1) is 4.92 Å². The monoisotopic (exact) mass is 490 g/mol. The predicted molar refractivity (Wildman–Crippen MR) is 142 cm³/mol. The SMILES string of the molecule is O=[N+]([O-])c1ccc(CO/N=C(\c2n[nH]c3c2C=CC(c2ccccc2)(c2ccccc2)C3)C2CC2)cc1. The molecule has 0 amide bonds. The van der Waals surface area contributed by atoms with Gasteiger partial charge >= 0.3 is 0 Å². The molecule has 0 bridgehead atoms. The molecular formula is C30H26N4O3. The number of allylic oxidation sites excluding steroid dienone is 1. The maximum absolute atomic E-state index is 10.9. The second kappa shape index (κ2) is 9.50. The summed E-state index contributed by atoms with van der Waals surface area (Å²) in [5.74, 6) is 0.326. The zero-order valence-electron chi connectivity index (χ0n) is 20.2. The Hall–Kier alpha value is -4.52. The van der Waals surface area contributed by atoms with E-state index in [9.17, 15) is 10.1 Å². The first kappa shape index (κ1) is 22.9. The fraction of sp³-hybridized carbons (Fsp3) is 0.200. The number of nitrogens with zero attached hydrogens (tertiary/aromatic N) is 3. The van der Waals surface area contributed by atoms with Crippen LogP contribution in [0.5, 0.6) is 0 Å². The standard InChI is InChI=1S/C30H26N4O3/c35-34(36)25-15-11-21(12-16-25)20-37-33-28(22-13-14-22)29-26-17-18-30(19-27(26)31-32-29,23-7-3-1-4-8-23)24-9-5-2-6-10-24/h1-12,15-18,22H,13-14,19-20H2,(H,31,32)/b33-28-. The summed E-state index contributed by atoms with van der Waals surface area (Å²) in [4.78, 5) is 16.2. The van der Waals surface area contributed by atoms with E-state index in [1.807, 2.05) is 12.1 Å². The van der Waals surface area contributed by atoms with E-state index in [1.165, 1.54) is 23.3 Å². The van der Waals surface area contributed by atoms with Gasteiger partial charge in [0.2, 0.25) is 0 Å². The molecule has 0 aliphatic heterocycles. The van der Waals surface area contributed by atoms with Crippen molar-refractivity contribution >= 4 is 17.5 Å². The summed E-state index contributed by atoms with van der Waals surface area (Å²) >= 11 is 0. The Balaban J connectivity index is 1.29. The predicted octanol–water partition coefficient (Wildman–Crippen LogP) is 6.20. The smallest absolute Gasteiger partial charge is 0.269 e. The van der Waals surface area contributed by atoms with Gasteiger partial charge in [-0.05, 0) is 41.7 Å². The number of aromatic amines is 1. The molecule has 7 heteroatoms. The largest absolute Gasteiger partial charge is 0.391 e. The van der Waals surface area contributed by atoms with Gasteiger partial charge in [-0.15, -0.1) is 0 Å². The molecule has 4 aromatic rings. The van der Waals surface area contributed by atoms with Crippen molar-refractivity contribution in [1.29, 1.82) is 0 Å². The number of hydrogen-bond donors (Lipinski definition) is 1. The molecule has 1 saturated carbocycles. The molecular weight excluding hydrogens is 464 g/mol. The van der Waals surface area contributed by atoms with Gasteiger partial charge in [-0.3, -0.25) is 15.2 Å². The highest BCUT2D eigenvalue weighted by Crippen LogP contribution is 2.43. The molecule has 6 rings (SSSR count). The van der Waals surface area contributed by atoms with Gasteiger partial charge in [-0.1, -0.05) is 78.0 Å². The van der Waals surface area contributed by atoms with Crippen LogP contribution in [0.4, 0.5) is 5.69 Å². The summed E-state index contributed by atoms with van der Waals surface area (Å²) in [6.07, 6.45) is 7.35. The van der Waals surface area contributed by atoms with Crippen LogP contribution in [0.15, 0.2) is 96.2 Å². The summed E-state index contributed by atoms with van der Waals surface area (Å²) in [6, 6.07) is 27.5. The quantitative estimate of drug-likeness (QED) is 0.181. The Bertz CT molecular complexity index is 1430. The lowest BCUT2D eigenvalue weighted by Gasteiger charge is -2.34. The molecule has 2 aliphatic rings. The second-order valence-electron chi connectivity index (χ2n) is 9.63. The van der Waals surface area contributed by atoms with Crippen molar-refractivity contribution in [1.82, 2.24) is 10.2 Å². The summed E-state index contributed by atoms with van der Waals surface area (Å²) < 4.78 is 0. The Kier molecular flexibility index (Phi) is 5.88. The van der Waals surface area contributed by atoms with Crippen LogP contribution in [0.1, 0.15) is 46.5 Å². The third-order valence-corrected chi connectivity index (χ3v) is 7.20. The van der Waals surface area contributed by atoms with Gasteiger partial charge in [-0.2, -0.15) is 5.10 Å². The average Bonchev–Trinajstić information content (AvgIpc) is 3.71. The molecule has 0 atom stereocenters. The third-order valence-electron chi connectivity index (χ3n) is 7.20. The fourth-order valence-electron chi connectivity index (χ4n) is 5.05. The Morgan fingerprint density at radius 1 is 1.00 bits per heavy atom. The number of nitro benzene ring substituents is 1. The first-order valence-electron chi connectivity index (χ1n) is 12.5. The summed E-state index contributed by atoms with van der Waals surface area (Å²) in [5.41, 5.74) is 6.90. The molecule has 1 fully saturated rings. The summed E-state index contributed by atoms with van der Waals surface area (Å²) in [6.45, 7) is 0.238. The van der Waals surface area contributed by atoms with E-state index in [1.54, 1.807) is 12.1 Å². The van der Waals surface area contributed by atoms with Crippen LogP contribution in [0.25, 0.3) is 6.08 Å². The number of fused-ring (bicyclic) bond motifs is 1. The number of aromatic nitrogens is 2. The molecule has 0 spiro atoms. The number of H-pyrrole nitrogens is 1. The molecule has 1 heterocycles. The number of rotatable bonds is 8. The van der Waals surface area contributed by atoms with Gasteiger partial charge in [0, 0.05) is 41.1 Å². The first-order valence-corrected chi connectivity index (χ1v) is 12.5. The number of nitro groups is 1. The van der Waals surface area contributed by atoms with Crippen molar-refractivity contribution in [3.8, 4) is 0 Å². The normalized spacial score (nSPS) is 16.3. The van der Waals surface area contributed by atoms with Crippen molar-refractivity contribution in [3.05, 3.63) is 135 Å². The molecule has 0 unspecified atom stereocenters. The van der Waals surface area contributed by atoms with Crippen molar-refractivity contribution in [3.63, 3.8) is 0 Å². The summed E-state index contributed by atoms with van der Waals surface area (Å²) in [7, 11) is 0. The van der Waals surface area contributed by atoms with E-state index in [0.29, 0.717) is 5.92 Å². The van der Waals surface area contributed by atoms with Crippen LogP contribution in [0, 0.1) is 16.0 Å². The summed E-state index contributed by atoms with van der Waals surface area (Å²) in [5, 5.41) is 23.4. The van der Waals surface area contributed by atoms with Gasteiger partial charge in [-0.25, -0.2) is 0 Å². The highest BCUT2D eigenvalue weighted by molar-refractivity contribution is 6.04. The molecule has 3 aromatic carbocycles. The van der Waals surface area contributed by atoms with Crippen LogP contribution >= 0.6 is 0 Å². The van der Waals surface area contributed by atoms with Gasteiger partial charge in [0.25, 0.3) is 5.69 Å². The minimum Gasteiger partial charge on any atom is -0.391 e. The van der Waals surface area contributed by atoms with Gasteiger partial charge in [0.1, 0.15) is 18.0 Å². The second-order valence-corrected chi connectivity index (χ2v) is 9.63. The van der Waals surface area contributed by atoms with Crippen molar-refractivity contribution in [2.24, 2.45) is 11.1 Å². The topological polar surface area (TPSA) is 93.4 Å². The van der Waals surface area contributed by atoms with E-state index in [4.69, 9.17) is 9.94 Å². The number of non-ortho nitro benzene ring substituents is 1.